The van der Waals surface area contributed by atoms with Crippen molar-refractivity contribution in [3.8, 4) is 5.75 Å². The van der Waals surface area contributed by atoms with E-state index in [9.17, 15) is 14.7 Å². The summed E-state index contributed by atoms with van der Waals surface area (Å²) >= 11 is 0. The fraction of sp³-hybridized carbons (Fsp3) is 0.143. The molecule has 0 spiro atoms. The van der Waals surface area contributed by atoms with Crippen molar-refractivity contribution < 1.29 is 28.2 Å². The zero-order valence-electron chi connectivity index (χ0n) is 19.3. The smallest absolute Gasteiger partial charge is 0.294 e. The molecule has 0 saturated heterocycles. The molecule has 0 aliphatic carbocycles. The fourth-order valence-corrected chi connectivity index (χ4v) is 4.41. The zero-order valence-corrected chi connectivity index (χ0v) is 19.3. The van der Waals surface area contributed by atoms with Crippen LogP contribution in [0.2, 0.25) is 0 Å². The Hall–Kier alpha value is -4.39. The lowest BCUT2D eigenvalue weighted by Gasteiger charge is -2.27. The van der Waals surface area contributed by atoms with Crippen LogP contribution in [-0.2, 0) is 4.79 Å². The van der Waals surface area contributed by atoms with E-state index in [-0.39, 0.29) is 16.9 Å². The number of aliphatic hydroxyl groups is 1. The van der Waals surface area contributed by atoms with Gasteiger partial charge in [0.15, 0.2) is 22.9 Å². The van der Waals surface area contributed by atoms with Crippen LogP contribution in [0, 0.1) is 19.7 Å². The van der Waals surface area contributed by atoms with E-state index in [4.69, 9.17) is 9.15 Å². The number of Topliss-reactive ketones (excluding diaryl/α,β-unsaturated/α-hetero) is 1. The highest BCUT2D eigenvalue weighted by Crippen LogP contribution is 2.43. The lowest BCUT2D eigenvalue weighted by Crippen LogP contribution is -2.31. The number of para-hydroxylation sites is 1. The first-order valence-corrected chi connectivity index (χ1v) is 11.0. The number of halogens is 1. The van der Waals surface area contributed by atoms with Gasteiger partial charge in [-0.1, -0.05) is 36.4 Å². The predicted octanol–water partition coefficient (Wildman–Crippen LogP) is 5.98. The average molecular weight is 471 g/mol. The normalized spacial score (nSPS) is 15.8. The van der Waals surface area contributed by atoms with E-state index in [2.05, 4.69) is 0 Å². The van der Waals surface area contributed by atoms with Gasteiger partial charge in [0, 0.05) is 16.6 Å². The summed E-state index contributed by atoms with van der Waals surface area (Å²) in [6.07, 6.45) is 0. The van der Waals surface area contributed by atoms with Crippen LogP contribution in [0.4, 0.5) is 10.1 Å². The van der Waals surface area contributed by atoms with Crippen molar-refractivity contribution in [2.45, 2.75) is 19.9 Å². The Labute approximate surface area is 200 Å². The SMILES string of the molecule is COc1cccc2cc(C(=O)C3=C(O)C(=O)N(c4ccc(C)c(C)c4)C3c3ccccc3F)oc12. The summed E-state index contributed by atoms with van der Waals surface area (Å²) < 4.78 is 26.1. The number of methoxy groups -OCH3 is 1. The quantitative estimate of drug-likeness (QED) is 0.362. The second-order valence-electron chi connectivity index (χ2n) is 8.45. The molecule has 0 saturated carbocycles. The van der Waals surface area contributed by atoms with Crippen molar-refractivity contribution in [1.29, 1.82) is 0 Å². The van der Waals surface area contributed by atoms with Crippen molar-refractivity contribution in [2.24, 2.45) is 0 Å². The van der Waals surface area contributed by atoms with Gasteiger partial charge in [-0.25, -0.2) is 4.39 Å². The van der Waals surface area contributed by atoms with E-state index in [0.717, 1.165) is 11.1 Å². The zero-order chi connectivity index (χ0) is 24.9. The van der Waals surface area contributed by atoms with E-state index in [1.54, 1.807) is 36.4 Å². The number of carbonyl (C=O) groups is 2. The maximum Gasteiger partial charge on any atom is 0.294 e. The van der Waals surface area contributed by atoms with Gasteiger partial charge in [0.05, 0.1) is 18.7 Å². The number of rotatable bonds is 5. The van der Waals surface area contributed by atoms with Gasteiger partial charge in [0.2, 0.25) is 5.78 Å². The number of amides is 1. The van der Waals surface area contributed by atoms with E-state index in [1.807, 2.05) is 19.9 Å². The molecule has 0 bridgehead atoms. The third-order valence-corrected chi connectivity index (χ3v) is 6.37. The fourth-order valence-electron chi connectivity index (χ4n) is 4.41. The molecule has 1 aliphatic heterocycles. The first kappa shape index (κ1) is 22.4. The molecule has 1 aromatic heterocycles. The number of carbonyl (C=O) groups excluding carboxylic acids is 2. The van der Waals surface area contributed by atoms with Gasteiger partial charge in [-0.15, -0.1) is 0 Å². The standard InChI is InChI=1S/C28H22FNO5/c1-15-11-12-18(13-16(15)2)30-24(19-8-4-5-9-20(19)29)23(26(32)28(30)33)25(31)22-14-17-7-6-10-21(34-3)27(17)35-22/h4-14,24,32H,1-3H3. The Kier molecular flexibility index (Phi) is 5.40. The highest BCUT2D eigenvalue weighted by atomic mass is 19.1. The van der Waals surface area contributed by atoms with Crippen molar-refractivity contribution in [1.82, 2.24) is 0 Å². The van der Waals surface area contributed by atoms with E-state index in [1.165, 1.54) is 36.3 Å². The second kappa shape index (κ2) is 8.43. The summed E-state index contributed by atoms with van der Waals surface area (Å²) in [5.41, 5.74) is 2.54. The number of anilines is 1. The molecule has 7 heteroatoms. The molecule has 0 fully saturated rings. The summed E-state index contributed by atoms with van der Waals surface area (Å²) in [7, 11) is 1.48. The minimum absolute atomic E-state index is 0.0835. The summed E-state index contributed by atoms with van der Waals surface area (Å²) in [5, 5.41) is 11.5. The largest absolute Gasteiger partial charge is 0.503 e. The van der Waals surface area contributed by atoms with Crippen LogP contribution in [0.5, 0.6) is 5.75 Å². The van der Waals surface area contributed by atoms with Crippen LogP contribution in [0.25, 0.3) is 11.0 Å². The van der Waals surface area contributed by atoms with Crippen molar-refractivity contribution in [3.63, 3.8) is 0 Å². The lowest BCUT2D eigenvalue weighted by atomic mass is 9.94. The Morgan fingerprint density at radius 3 is 2.51 bits per heavy atom. The minimum Gasteiger partial charge on any atom is -0.503 e. The molecule has 1 aliphatic rings. The topological polar surface area (TPSA) is 80.0 Å². The molecule has 6 nitrogen and oxygen atoms in total. The molecule has 176 valence electrons. The number of hydrogen-bond donors (Lipinski definition) is 1. The number of aliphatic hydroxyl groups excluding tert-OH is 1. The molecule has 5 rings (SSSR count). The summed E-state index contributed by atoms with van der Waals surface area (Å²) in [5.74, 6) is -2.52. The van der Waals surface area contributed by atoms with Gasteiger partial charge in [0.25, 0.3) is 5.91 Å². The van der Waals surface area contributed by atoms with Crippen LogP contribution in [0.1, 0.15) is 33.3 Å². The number of hydrogen-bond acceptors (Lipinski definition) is 5. The number of ether oxygens (including phenoxy) is 1. The number of aryl methyl sites for hydroxylation is 2. The molecule has 1 unspecified atom stereocenters. The molecular formula is C28H22FNO5. The maximum atomic E-state index is 15.0. The van der Waals surface area contributed by atoms with E-state index in [0.29, 0.717) is 22.4 Å². The molecular weight excluding hydrogens is 449 g/mol. The highest BCUT2D eigenvalue weighted by Gasteiger charge is 2.46. The monoisotopic (exact) mass is 471 g/mol. The summed E-state index contributed by atoms with van der Waals surface area (Å²) in [6.45, 7) is 3.82. The molecule has 2 heterocycles. The molecule has 0 radical (unpaired) electrons. The molecule has 1 amide bonds. The maximum absolute atomic E-state index is 15.0. The van der Waals surface area contributed by atoms with Crippen LogP contribution >= 0.6 is 0 Å². The minimum atomic E-state index is -1.19. The lowest BCUT2D eigenvalue weighted by molar-refractivity contribution is -0.117. The number of furan rings is 1. The van der Waals surface area contributed by atoms with Crippen LogP contribution in [0.3, 0.4) is 0 Å². The first-order chi connectivity index (χ1) is 16.8. The van der Waals surface area contributed by atoms with Crippen molar-refractivity contribution >= 4 is 28.3 Å². The third-order valence-electron chi connectivity index (χ3n) is 6.37. The molecule has 1 N–H and O–H groups in total. The van der Waals surface area contributed by atoms with Crippen LogP contribution in [0.15, 0.2) is 82.5 Å². The Bertz CT molecular complexity index is 1530. The molecule has 4 aromatic rings. The first-order valence-electron chi connectivity index (χ1n) is 11.0. The van der Waals surface area contributed by atoms with E-state index < -0.39 is 29.3 Å². The molecule has 35 heavy (non-hydrogen) atoms. The van der Waals surface area contributed by atoms with Gasteiger partial charge >= 0.3 is 0 Å². The van der Waals surface area contributed by atoms with Gasteiger partial charge < -0.3 is 14.3 Å². The van der Waals surface area contributed by atoms with Gasteiger partial charge in [-0.05, 0) is 55.3 Å². The Morgan fingerprint density at radius 1 is 1.03 bits per heavy atom. The Morgan fingerprint density at radius 2 is 1.80 bits per heavy atom. The van der Waals surface area contributed by atoms with E-state index >= 15 is 4.39 Å². The average Bonchev–Trinajstić information content (AvgIpc) is 3.40. The predicted molar refractivity (Wildman–Crippen MR) is 129 cm³/mol. The van der Waals surface area contributed by atoms with Gasteiger partial charge in [-0.3, -0.25) is 14.5 Å². The number of nitrogens with zero attached hydrogens (tertiary/aromatic N) is 1. The second-order valence-corrected chi connectivity index (χ2v) is 8.45. The summed E-state index contributed by atoms with van der Waals surface area (Å²) in [4.78, 5) is 28.3. The van der Waals surface area contributed by atoms with Crippen molar-refractivity contribution in [2.75, 3.05) is 12.0 Å². The van der Waals surface area contributed by atoms with Crippen LogP contribution < -0.4 is 9.64 Å². The van der Waals surface area contributed by atoms with Gasteiger partial charge in [0.1, 0.15) is 5.82 Å². The highest BCUT2D eigenvalue weighted by molar-refractivity contribution is 6.20. The molecule has 1 atom stereocenters. The van der Waals surface area contributed by atoms with Gasteiger partial charge in [-0.2, -0.15) is 0 Å². The number of benzene rings is 3. The third kappa shape index (κ3) is 3.56. The number of fused-ring (bicyclic) bond motifs is 1. The molecule has 3 aromatic carbocycles. The number of ketones is 1. The van der Waals surface area contributed by atoms with Crippen molar-refractivity contribution in [3.05, 3.63) is 106 Å². The van der Waals surface area contributed by atoms with Crippen LogP contribution in [-0.4, -0.2) is 23.9 Å². The Balaban J connectivity index is 1.69. The summed E-state index contributed by atoms with van der Waals surface area (Å²) in [6, 6.07) is 16.7.